The van der Waals surface area contributed by atoms with E-state index in [2.05, 4.69) is 10.0 Å². The lowest BCUT2D eigenvalue weighted by Gasteiger charge is -2.12. The highest BCUT2D eigenvalue weighted by Gasteiger charge is 2.20. The van der Waals surface area contributed by atoms with Gasteiger partial charge in [-0.15, -0.1) is 0 Å². The van der Waals surface area contributed by atoms with Crippen molar-refractivity contribution in [3.63, 3.8) is 0 Å². The van der Waals surface area contributed by atoms with Gasteiger partial charge in [0, 0.05) is 31.0 Å². The van der Waals surface area contributed by atoms with E-state index in [1.807, 2.05) is 6.92 Å². The standard InChI is InChI=1S/C19H23ClN2O5S/c1-3-27-12-4-11-21-19(23)14-5-10-17(20)18(13-14)28(24,25)22-15-6-8-16(26-2)9-7-15/h5-10,13,22H,3-4,11-12H2,1-2H3,(H,21,23). The maximum absolute atomic E-state index is 12.7. The van der Waals surface area contributed by atoms with Crippen LogP contribution in [0.5, 0.6) is 5.75 Å². The van der Waals surface area contributed by atoms with Crippen LogP contribution in [0.2, 0.25) is 5.02 Å². The summed E-state index contributed by atoms with van der Waals surface area (Å²) >= 11 is 6.07. The van der Waals surface area contributed by atoms with Crippen LogP contribution in [0.25, 0.3) is 0 Å². The normalized spacial score (nSPS) is 11.1. The van der Waals surface area contributed by atoms with Crippen molar-refractivity contribution in [2.24, 2.45) is 0 Å². The van der Waals surface area contributed by atoms with Gasteiger partial charge in [0.05, 0.1) is 12.1 Å². The first-order valence-corrected chi connectivity index (χ1v) is 10.6. The number of carbonyl (C=O) groups excluding carboxylic acids is 1. The number of ether oxygens (including phenoxy) is 2. The lowest BCUT2D eigenvalue weighted by Crippen LogP contribution is -2.25. The maximum atomic E-state index is 12.7. The maximum Gasteiger partial charge on any atom is 0.263 e. The molecule has 0 spiro atoms. The molecule has 0 aliphatic rings. The number of hydrogen-bond donors (Lipinski definition) is 2. The zero-order valence-electron chi connectivity index (χ0n) is 15.7. The van der Waals surface area contributed by atoms with E-state index in [0.29, 0.717) is 37.6 Å². The molecule has 9 heteroatoms. The van der Waals surface area contributed by atoms with E-state index in [-0.39, 0.29) is 21.4 Å². The lowest BCUT2D eigenvalue weighted by atomic mass is 10.2. The molecule has 0 saturated carbocycles. The van der Waals surface area contributed by atoms with Gasteiger partial charge in [-0.25, -0.2) is 8.42 Å². The molecule has 0 bridgehead atoms. The molecule has 0 saturated heterocycles. The highest BCUT2D eigenvalue weighted by Crippen LogP contribution is 2.26. The van der Waals surface area contributed by atoms with Crippen LogP contribution in [0.3, 0.4) is 0 Å². The molecule has 0 aromatic heterocycles. The summed E-state index contributed by atoms with van der Waals surface area (Å²) in [6.07, 6.45) is 0.664. The quantitative estimate of drug-likeness (QED) is 0.568. The largest absolute Gasteiger partial charge is 0.497 e. The molecule has 0 aliphatic carbocycles. The van der Waals surface area contributed by atoms with Crippen LogP contribution in [0.15, 0.2) is 47.4 Å². The Morgan fingerprint density at radius 2 is 1.86 bits per heavy atom. The number of methoxy groups -OCH3 is 1. The predicted octanol–water partition coefficient (Wildman–Crippen LogP) is 3.31. The predicted molar refractivity (Wildman–Crippen MR) is 109 cm³/mol. The summed E-state index contributed by atoms with van der Waals surface area (Å²) in [6.45, 7) is 3.48. The minimum Gasteiger partial charge on any atom is -0.497 e. The van der Waals surface area contributed by atoms with Crippen LogP contribution in [0.1, 0.15) is 23.7 Å². The van der Waals surface area contributed by atoms with E-state index in [4.69, 9.17) is 21.1 Å². The zero-order valence-corrected chi connectivity index (χ0v) is 17.3. The van der Waals surface area contributed by atoms with Crippen LogP contribution in [0, 0.1) is 0 Å². The van der Waals surface area contributed by atoms with Gasteiger partial charge in [0.1, 0.15) is 10.6 Å². The Labute approximate surface area is 170 Å². The second-order valence-corrected chi connectivity index (χ2v) is 7.84. The molecule has 1 amide bonds. The summed E-state index contributed by atoms with van der Waals surface area (Å²) < 4.78 is 38.1. The summed E-state index contributed by atoms with van der Waals surface area (Å²) in [5.74, 6) is 0.220. The molecular weight excluding hydrogens is 404 g/mol. The Hall–Kier alpha value is -2.29. The van der Waals surface area contributed by atoms with Crippen LogP contribution in [-0.4, -0.2) is 41.2 Å². The Bertz CT molecular complexity index is 901. The first-order valence-electron chi connectivity index (χ1n) is 8.69. The van der Waals surface area contributed by atoms with Gasteiger partial charge in [-0.3, -0.25) is 9.52 Å². The Kier molecular flexibility index (Phi) is 8.10. The number of carbonyl (C=O) groups is 1. The highest BCUT2D eigenvalue weighted by molar-refractivity contribution is 7.92. The molecule has 0 atom stereocenters. The Balaban J connectivity index is 2.13. The third-order valence-corrected chi connectivity index (χ3v) is 5.64. The van der Waals surface area contributed by atoms with Crippen LogP contribution in [-0.2, 0) is 14.8 Å². The molecule has 0 aliphatic heterocycles. The van der Waals surface area contributed by atoms with Crippen molar-refractivity contribution >= 4 is 33.2 Å². The van der Waals surface area contributed by atoms with Crippen molar-refractivity contribution in [2.75, 3.05) is 31.6 Å². The summed E-state index contributed by atoms with van der Waals surface area (Å²) in [5.41, 5.74) is 0.554. The molecule has 2 N–H and O–H groups in total. The van der Waals surface area contributed by atoms with Crippen LogP contribution in [0.4, 0.5) is 5.69 Å². The second kappa shape index (κ2) is 10.3. The van der Waals surface area contributed by atoms with Crippen molar-refractivity contribution in [3.05, 3.63) is 53.1 Å². The van der Waals surface area contributed by atoms with Gasteiger partial charge in [-0.1, -0.05) is 11.6 Å². The summed E-state index contributed by atoms with van der Waals surface area (Å²) in [7, 11) is -2.45. The minimum atomic E-state index is -3.97. The molecular formula is C19H23ClN2O5S. The zero-order chi connectivity index (χ0) is 20.6. The van der Waals surface area contributed by atoms with E-state index >= 15 is 0 Å². The minimum absolute atomic E-state index is 0.0221. The van der Waals surface area contributed by atoms with Crippen molar-refractivity contribution in [3.8, 4) is 5.75 Å². The number of rotatable bonds is 10. The Morgan fingerprint density at radius 3 is 2.50 bits per heavy atom. The molecule has 152 valence electrons. The van der Waals surface area contributed by atoms with Gasteiger partial charge in [-0.05, 0) is 55.8 Å². The van der Waals surface area contributed by atoms with Gasteiger partial charge in [0.25, 0.3) is 15.9 Å². The van der Waals surface area contributed by atoms with Gasteiger partial charge in [0.2, 0.25) is 0 Å². The van der Waals surface area contributed by atoms with E-state index in [9.17, 15) is 13.2 Å². The average Bonchev–Trinajstić information content (AvgIpc) is 2.68. The first kappa shape index (κ1) is 22.0. The van der Waals surface area contributed by atoms with Crippen molar-refractivity contribution < 1.29 is 22.7 Å². The highest BCUT2D eigenvalue weighted by atomic mass is 35.5. The SMILES string of the molecule is CCOCCCNC(=O)c1ccc(Cl)c(S(=O)(=O)Nc2ccc(OC)cc2)c1. The van der Waals surface area contributed by atoms with Crippen LogP contribution >= 0.6 is 11.6 Å². The van der Waals surface area contributed by atoms with Gasteiger partial charge in [0.15, 0.2) is 0 Å². The van der Waals surface area contributed by atoms with E-state index < -0.39 is 10.0 Å². The molecule has 28 heavy (non-hydrogen) atoms. The van der Waals surface area contributed by atoms with E-state index in [1.165, 1.54) is 25.3 Å². The smallest absolute Gasteiger partial charge is 0.263 e. The van der Waals surface area contributed by atoms with Crippen molar-refractivity contribution in [1.82, 2.24) is 5.32 Å². The monoisotopic (exact) mass is 426 g/mol. The third kappa shape index (κ3) is 6.12. The molecule has 2 aromatic rings. The van der Waals surface area contributed by atoms with Gasteiger partial charge in [-0.2, -0.15) is 0 Å². The van der Waals surface area contributed by atoms with E-state index in [1.54, 1.807) is 24.3 Å². The number of anilines is 1. The topological polar surface area (TPSA) is 93.7 Å². The number of benzene rings is 2. The number of sulfonamides is 1. The third-order valence-electron chi connectivity index (χ3n) is 3.78. The molecule has 0 radical (unpaired) electrons. The fourth-order valence-corrected chi connectivity index (χ4v) is 3.93. The Morgan fingerprint density at radius 1 is 1.14 bits per heavy atom. The molecule has 7 nitrogen and oxygen atoms in total. The molecule has 0 unspecified atom stereocenters. The molecule has 2 rings (SSSR count). The first-order chi connectivity index (χ1) is 13.4. The van der Waals surface area contributed by atoms with Gasteiger partial charge >= 0.3 is 0 Å². The molecule has 0 fully saturated rings. The number of halogens is 1. The second-order valence-electron chi connectivity index (χ2n) is 5.79. The fraction of sp³-hybridized carbons (Fsp3) is 0.316. The number of hydrogen-bond acceptors (Lipinski definition) is 5. The summed E-state index contributed by atoms with van der Waals surface area (Å²) in [5, 5.41) is 2.75. The number of nitrogens with one attached hydrogen (secondary N) is 2. The fourth-order valence-electron chi connectivity index (χ4n) is 2.34. The van der Waals surface area contributed by atoms with Crippen LogP contribution < -0.4 is 14.8 Å². The van der Waals surface area contributed by atoms with Crippen molar-refractivity contribution in [1.29, 1.82) is 0 Å². The van der Waals surface area contributed by atoms with Crippen molar-refractivity contribution in [2.45, 2.75) is 18.2 Å². The number of amides is 1. The molecule has 2 aromatic carbocycles. The summed E-state index contributed by atoms with van der Waals surface area (Å²) in [6, 6.07) is 10.5. The lowest BCUT2D eigenvalue weighted by molar-refractivity contribution is 0.0944. The summed E-state index contributed by atoms with van der Waals surface area (Å²) in [4.78, 5) is 12.1. The average molecular weight is 427 g/mol. The molecule has 0 heterocycles. The van der Waals surface area contributed by atoms with Gasteiger partial charge < -0.3 is 14.8 Å². The van der Waals surface area contributed by atoms with E-state index in [0.717, 1.165) is 0 Å².